The topological polar surface area (TPSA) is 88.5 Å². The number of aromatic nitrogens is 3. The molecule has 0 radical (unpaired) electrons. The number of nitrogens with zero attached hydrogens (tertiary/aromatic N) is 5. The molecular weight excluding hydrogens is 414 g/mol. The molecular formula is C22H29N5O3S. The summed E-state index contributed by atoms with van der Waals surface area (Å²) >= 11 is 1.58. The zero-order chi connectivity index (χ0) is 22.0. The first-order valence-corrected chi connectivity index (χ1v) is 11.7. The summed E-state index contributed by atoms with van der Waals surface area (Å²) in [6.07, 6.45) is 3.44. The van der Waals surface area contributed by atoms with Gasteiger partial charge in [-0.1, -0.05) is 13.8 Å². The molecule has 2 aromatic rings. The number of ether oxygens (including phenoxy) is 1. The fourth-order valence-electron chi connectivity index (χ4n) is 4.14. The Hall–Kier alpha value is -2.39. The van der Waals surface area contributed by atoms with Gasteiger partial charge in [0.15, 0.2) is 0 Å². The van der Waals surface area contributed by atoms with Crippen LogP contribution in [0.3, 0.4) is 0 Å². The number of carbonyl (C=O) groups excluding carboxylic acids is 2. The molecule has 1 spiro atoms. The van der Waals surface area contributed by atoms with Crippen molar-refractivity contribution in [1.82, 2.24) is 24.8 Å². The van der Waals surface area contributed by atoms with Gasteiger partial charge in [-0.2, -0.15) is 0 Å². The molecule has 8 nitrogen and oxygen atoms in total. The first-order valence-electron chi connectivity index (χ1n) is 10.8. The Morgan fingerprint density at radius 1 is 1.29 bits per heavy atom. The lowest BCUT2D eigenvalue weighted by molar-refractivity contribution is -0.132. The Labute approximate surface area is 186 Å². The van der Waals surface area contributed by atoms with Gasteiger partial charge in [0.05, 0.1) is 42.9 Å². The maximum absolute atomic E-state index is 13.0. The molecule has 2 aromatic heterocycles. The normalized spacial score (nSPS) is 19.2. The molecule has 2 aliphatic heterocycles. The van der Waals surface area contributed by atoms with Gasteiger partial charge in [-0.15, -0.1) is 11.3 Å². The molecule has 0 unspecified atom stereocenters. The molecule has 0 aromatic carbocycles. The first-order chi connectivity index (χ1) is 14.9. The van der Waals surface area contributed by atoms with Crippen LogP contribution in [0.15, 0.2) is 17.8 Å². The summed E-state index contributed by atoms with van der Waals surface area (Å²) in [5.74, 6) is 0.896. The van der Waals surface area contributed by atoms with Gasteiger partial charge in [0.2, 0.25) is 5.91 Å². The highest BCUT2D eigenvalue weighted by Gasteiger charge is 2.41. The largest absolute Gasteiger partial charge is 0.372 e. The second-order valence-corrected chi connectivity index (χ2v) is 9.58. The van der Waals surface area contributed by atoms with Crippen LogP contribution in [0.4, 0.5) is 0 Å². The van der Waals surface area contributed by atoms with Crippen molar-refractivity contribution in [2.24, 2.45) is 0 Å². The van der Waals surface area contributed by atoms with Gasteiger partial charge in [0.1, 0.15) is 11.5 Å². The number of hydrogen-bond donors (Lipinski definition) is 0. The number of rotatable bonds is 4. The first kappa shape index (κ1) is 21.8. The van der Waals surface area contributed by atoms with E-state index in [1.165, 1.54) is 0 Å². The minimum absolute atomic E-state index is 0.0685. The fourth-order valence-corrected chi connectivity index (χ4v) is 4.93. The van der Waals surface area contributed by atoms with E-state index >= 15 is 0 Å². The molecule has 2 aliphatic rings. The molecule has 0 aliphatic carbocycles. The van der Waals surface area contributed by atoms with Crippen molar-refractivity contribution < 1.29 is 14.3 Å². The quantitative estimate of drug-likeness (QED) is 0.722. The summed E-state index contributed by atoms with van der Waals surface area (Å²) in [6.45, 7) is 8.72. The minimum atomic E-state index is -0.406. The lowest BCUT2D eigenvalue weighted by atomic mass is 9.90. The van der Waals surface area contributed by atoms with Gasteiger partial charge in [-0.05, 0) is 25.8 Å². The van der Waals surface area contributed by atoms with Crippen molar-refractivity contribution in [2.45, 2.75) is 58.1 Å². The average molecular weight is 444 g/mol. The van der Waals surface area contributed by atoms with Crippen LogP contribution < -0.4 is 0 Å². The lowest BCUT2D eigenvalue weighted by Gasteiger charge is -2.42. The van der Waals surface area contributed by atoms with Crippen LogP contribution in [0.5, 0.6) is 0 Å². The van der Waals surface area contributed by atoms with Crippen molar-refractivity contribution in [1.29, 1.82) is 0 Å². The molecule has 166 valence electrons. The van der Waals surface area contributed by atoms with Crippen LogP contribution in [0, 0.1) is 6.92 Å². The Morgan fingerprint density at radius 3 is 2.74 bits per heavy atom. The van der Waals surface area contributed by atoms with Gasteiger partial charge < -0.3 is 14.5 Å². The lowest BCUT2D eigenvalue weighted by Crippen LogP contribution is -2.53. The third kappa shape index (κ3) is 4.77. The van der Waals surface area contributed by atoms with Gasteiger partial charge in [0, 0.05) is 30.1 Å². The van der Waals surface area contributed by atoms with Crippen molar-refractivity contribution in [3.8, 4) is 0 Å². The van der Waals surface area contributed by atoms with E-state index in [9.17, 15) is 9.59 Å². The SMILES string of the molecule is Cc1ncsc1CN1CC2(CCN(C(=O)c3ccnc(C(C)C)n3)CC2)OCCC1=O. The summed E-state index contributed by atoms with van der Waals surface area (Å²) in [7, 11) is 0. The van der Waals surface area contributed by atoms with E-state index < -0.39 is 5.60 Å². The molecule has 2 amide bonds. The van der Waals surface area contributed by atoms with Crippen molar-refractivity contribution in [2.75, 3.05) is 26.2 Å². The Bertz CT molecular complexity index is 952. The number of piperidine rings is 1. The number of aryl methyl sites for hydroxylation is 1. The molecule has 0 bridgehead atoms. The highest BCUT2D eigenvalue weighted by molar-refractivity contribution is 7.09. The number of thiazole rings is 1. The van der Waals surface area contributed by atoms with E-state index in [1.807, 2.05) is 36.1 Å². The predicted octanol–water partition coefficient (Wildman–Crippen LogP) is 2.79. The van der Waals surface area contributed by atoms with E-state index in [0.717, 1.165) is 10.6 Å². The Balaban J connectivity index is 1.43. The number of hydrogen-bond acceptors (Lipinski definition) is 7. The van der Waals surface area contributed by atoms with Crippen LogP contribution in [0.1, 0.15) is 65.9 Å². The third-order valence-electron chi connectivity index (χ3n) is 6.11. The van der Waals surface area contributed by atoms with Gasteiger partial charge in [-0.3, -0.25) is 9.59 Å². The molecule has 4 rings (SSSR count). The monoisotopic (exact) mass is 443 g/mol. The molecule has 31 heavy (non-hydrogen) atoms. The van der Waals surface area contributed by atoms with E-state index in [1.54, 1.807) is 23.6 Å². The van der Waals surface area contributed by atoms with Gasteiger partial charge >= 0.3 is 0 Å². The maximum atomic E-state index is 13.0. The summed E-state index contributed by atoms with van der Waals surface area (Å²) < 4.78 is 6.23. The Morgan fingerprint density at radius 2 is 2.06 bits per heavy atom. The highest BCUT2D eigenvalue weighted by atomic mass is 32.1. The highest BCUT2D eigenvalue weighted by Crippen LogP contribution is 2.32. The average Bonchev–Trinajstić information content (AvgIpc) is 3.10. The standard InChI is InChI=1S/C22H29N5O3S/c1-15(2)20-23-8-4-17(25-20)21(29)26-9-6-22(7-10-26)13-27(19(28)5-11-30-22)12-18-16(3)24-14-31-18/h4,8,14-15H,5-7,9-13H2,1-3H3. The summed E-state index contributed by atoms with van der Waals surface area (Å²) in [4.78, 5) is 43.5. The summed E-state index contributed by atoms with van der Waals surface area (Å²) in [5.41, 5.74) is 2.83. The van der Waals surface area contributed by atoms with E-state index in [2.05, 4.69) is 15.0 Å². The van der Waals surface area contributed by atoms with Crippen LogP contribution in [-0.4, -0.2) is 68.4 Å². The van der Waals surface area contributed by atoms with Crippen LogP contribution in [-0.2, 0) is 16.1 Å². The van der Waals surface area contributed by atoms with Crippen LogP contribution in [0.2, 0.25) is 0 Å². The van der Waals surface area contributed by atoms with Crippen molar-refractivity contribution in [3.63, 3.8) is 0 Å². The smallest absolute Gasteiger partial charge is 0.272 e. The summed E-state index contributed by atoms with van der Waals surface area (Å²) in [6, 6.07) is 1.68. The molecule has 2 saturated heterocycles. The van der Waals surface area contributed by atoms with E-state index in [4.69, 9.17) is 4.74 Å². The molecule has 0 atom stereocenters. The van der Waals surface area contributed by atoms with E-state index in [0.29, 0.717) is 63.6 Å². The number of likely N-dealkylation sites (tertiary alicyclic amines) is 1. The maximum Gasteiger partial charge on any atom is 0.272 e. The van der Waals surface area contributed by atoms with Gasteiger partial charge in [0.25, 0.3) is 5.91 Å². The molecule has 2 fully saturated rings. The fraction of sp³-hybridized carbons (Fsp3) is 0.591. The molecule has 9 heteroatoms. The van der Waals surface area contributed by atoms with Crippen LogP contribution in [0.25, 0.3) is 0 Å². The van der Waals surface area contributed by atoms with Crippen molar-refractivity contribution in [3.05, 3.63) is 39.9 Å². The zero-order valence-electron chi connectivity index (χ0n) is 18.3. The van der Waals surface area contributed by atoms with Crippen LogP contribution >= 0.6 is 11.3 Å². The number of carbonyl (C=O) groups is 2. The van der Waals surface area contributed by atoms with Crippen molar-refractivity contribution >= 4 is 23.2 Å². The van der Waals surface area contributed by atoms with E-state index in [-0.39, 0.29) is 17.7 Å². The molecule has 0 saturated carbocycles. The second-order valence-electron chi connectivity index (χ2n) is 8.64. The summed E-state index contributed by atoms with van der Waals surface area (Å²) in [5, 5.41) is 0. The zero-order valence-corrected chi connectivity index (χ0v) is 19.2. The second kappa shape index (κ2) is 9.00. The number of amides is 2. The minimum Gasteiger partial charge on any atom is -0.372 e. The Kier molecular flexibility index (Phi) is 6.34. The molecule has 0 N–H and O–H groups in total. The van der Waals surface area contributed by atoms with Gasteiger partial charge in [-0.25, -0.2) is 15.0 Å². The molecule has 4 heterocycles. The third-order valence-corrected chi connectivity index (χ3v) is 7.03. The predicted molar refractivity (Wildman–Crippen MR) is 117 cm³/mol.